The molecule has 0 radical (unpaired) electrons. The van der Waals surface area contributed by atoms with Crippen LogP contribution in [-0.2, 0) is 0 Å². The molecule has 0 aromatic heterocycles. The molecule has 1 heteroatoms. The predicted octanol–water partition coefficient (Wildman–Crippen LogP) is 14.6. The largest absolute Gasteiger partial charge is 0.304 e. The van der Waals surface area contributed by atoms with E-state index in [1.807, 2.05) is 0 Å². The first-order valence-electron chi connectivity index (χ1n) is 20.1. The maximum Gasteiger partial charge on any atom is -0.00190 e. The van der Waals surface area contributed by atoms with Crippen molar-refractivity contribution in [2.75, 3.05) is 19.6 Å². The van der Waals surface area contributed by atoms with Crippen molar-refractivity contribution < 1.29 is 0 Å². The molecule has 0 fully saturated rings. The molecule has 0 unspecified atom stereocenters. The van der Waals surface area contributed by atoms with Gasteiger partial charge in [0.1, 0.15) is 0 Å². The zero-order valence-corrected chi connectivity index (χ0v) is 29.6. The smallest absolute Gasteiger partial charge is 0.00190 e. The number of rotatable bonds is 37. The van der Waals surface area contributed by atoms with Crippen LogP contribution in [0.3, 0.4) is 0 Å². The number of hydrogen-bond donors (Lipinski definition) is 0. The summed E-state index contributed by atoms with van der Waals surface area (Å²) in [5.74, 6) is 0. The summed E-state index contributed by atoms with van der Waals surface area (Å²) < 4.78 is 0. The quantitative estimate of drug-likeness (QED) is 0.0664. The fourth-order valence-corrected chi connectivity index (χ4v) is 6.61. The van der Waals surface area contributed by atoms with Gasteiger partial charge in [0.25, 0.3) is 0 Å². The second kappa shape index (κ2) is 38.0. The van der Waals surface area contributed by atoms with Gasteiger partial charge in [0, 0.05) is 0 Å². The lowest BCUT2D eigenvalue weighted by Gasteiger charge is -2.17. The van der Waals surface area contributed by atoms with Crippen molar-refractivity contribution in [1.29, 1.82) is 0 Å². The van der Waals surface area contributed by atoms with Crippen molar-refractivity contribution in [3.63, 3.8) is 0 Å². The van der Waals surface area contributed by atoms with Gasteiger partial charge in [0.05, 0.1) is 0 Å². The van der Waals surface area contributed by atoms with Gasteiger partial charge in [-0.15, -0.1) is 0 Å². The Kier molecular flexibility index (Phi) is 37.9. The van der Waals surface area contributed by atoms with Crippen LogP contribution in [0.15, 0.2) is 0 Å². The average molecular weight is 578 g/mol. The topological polar surface area (TPSA) is 3.24 Å². The molecule has 41 heavy (non-hydrogen) atoms. The van der Waals surface area contributed by atoms with Crippen molar-refractivity contribution in [1.82, 2.24) is 4.90 Å². The van der Waals surface area contributed by atoms with E-state index in [-0.39, 0.29) is 0 Å². The Labute approximate surface area is 263 Å². The van der Waals surface area contributed by atoms with Gasteiger partial charge in [0.2, 0.25) is 0 Å². The molecule has 0 rings (SSSR count). The average Bonchev–Trinajstić information content (AvgIpc) is 2.99. The van der Waals surface area contributed by atoms with Crippen LogP contribution in [0.5, 0.6) is 0 Å². The molecule has 0 aliphatic heterocycles. The highest BCUT2D eigenvalue weighted by molar-refractivity contribution is 4.55. The first kappa shape index (κ1) is 41.0. The summed E-state index contributed by atoms with van der Waals surface area (Å²) in [6, 6.07) is 0. The third kappa shape index (κ3) is 36.1. The van der Waals surface area contributed by atoms with Gasteiger partial charge in [0.15, 0.2) is 0 Å². The van der Waals surface area contributed by atoms with Crippen molar-refractivity contribution in [3.05, 3.63) is 0 Å². The standard InChI is InChI=1S/C40H83N/c1-4-7-8-9-10-11-12-13-14-15-16-17-18-19-20-21-22-23-24-25-26-27-28-29-30-31-32-33-34-35-36-37-38-39-40-41(5-2)6-3/h4-40H2,1-3H3. The monoisotopic (exact) mass is 578 g/mol. The highest BCUT2D eigenvalue weighted by atomic mass is 15.1. The predicted molar refractivity (Wildman–Crippen MR) is 190 cm³/mol. The van der Waals surface area contributed by atoms with Crippen molar-refractivity contribution in [2.45, 2.75) is 239 Å². The first-order valence-corrected chi connectivity index (χ1v) is 20.1. The van der Waals surface area contributed by atoms with Gasteiger partial charge < -0.3 is 4.90 Å². The van der Waals surface area contributed by atoms with Crippen molar-refractivity contribution in [3.8, 4) is 0 Å². The van der Waals surface area contributed by atoms with Gasteiger partial charge in [-0.3, -0.25) is 0 Å². The molecule has 0 aromatic carbocycles. The first-order chi connectivity index (χ1) is 20.3. The molecule has 0 aliphatic rings. The highest BCUT2D eigenvalue weighted by Gasteiger charge is 1.99. The van der Waals surface area contributed by atoms with Crippen LogP contribution in [0.25, 0.3) is 0 Å². The molecule has 0 bridgehead atoms. The van der Waals surface area contributed by atoms with Gasteiger partial charge >= 0.3 is 0 Å². The second-order valence-electron chi connectivity index (χ2n) is 13.7. The third-order valence-electron chi connectivity index (χ3n) is 9.72. The van der Waals surface area contributed by atoms with Crippen LogP contribution in [0, 0.1) is 0 Å². The van der Waals surface area contributed by atoms with Gasteiger partial charge in [-0.2, -0.15) is 0 Å². The minimum atomic E-state index is 1.22. The van der Waals surface area contributed by atoms with Crippen LogP contribution in [0.2, 0.25) is 0 Å². The molecule has 0 amide bonds. The minimum absolute atomic E-state index is 1.22. The van der Waals surface area contributed by atoms with Gasteiger partial charge in [-0.25, -0.2) is 0 Å². The van der Waals surface area contributed by atoms with E-state index >= 15 is 0 Å². The molecule has 0 aliphatic carbocycles. The Hall–Kier alpha value is -0.0400. The molecule has 1 nitrogen and oxygen atoms in total. The van der Waals surface area contributed by atoms with E-state index in [0.29, 0.717) is 0 Å². The maximum atomic E-state index is 2.56. The summed E-state index contributed by atoms with van der Waals surface area (Å²) in [6.07, 6.45) is 50.3. The fourth-order valence-electron chi connectivity index (χ4n) is 6.61. The molecule has 0 saturated heterocycles. The Balaban J connectivity index is 3.05. The van der Waals surface area contributed by atoms with Crippen LogP contribution in [0.4, 0.5) is 0 Å². The van der Waals surface area contributed by atoms with Crippen molar-refractivity contribution in [2.24, 2.45) is 0 Å². The lowest BCUT2D eigenvalue weighted by molar-refractivity contribution is 0.295. The molecule has 0 saturated carbocycles. The number of unbranched alkanes of at least 4 members (excludes halogenated alkanes) is 33. The molecule has 0 heterocycles. The van der Waals surface area contributed by atoms with E-state index in [9.17, 15) is 0 Å². The molecular weight excluding hydrogens is 494 g/mol. The second-order valence-corrected chi connectivity index (χ2v) is 13.7. The zero-order valence-electron chi connectivity index (χ0n) is 29.6. The van der Waals surface area contributed by atoms with E-state index in [4.69, 9.17) is 0 Å². The normalized spacial score (nSPS) is 11.7. The molecule has 0 atom stereocenters. The third-order valence-corrected chi connectivity index (χ3v) is 9.72. The Bertz CT molecular complexity index is 429. The SMILES string of the molecule is CCCCCCCCCCCCCCCCCCCCCCCCCCCCCCCCCCCCN(CC)CC. The van der Waals surface area contributed by atoms with Crippen LogP contribution in [0.1, 0.15) is 239 Å². The molecular formula is C40H83N. The van der Waals surface area contributed by atoms with E-state index in [2.05, 4.69) is 25.7 Å². The van der Waals surface area contributed by atoms with Crippen LogP contribution < -0.4 is 0 Å². The summed E-state index contributed by atoms with van der Waals surface area (Å²) in [7, 11) is 0. The highest BCUT2D eigenvalue weighted by Crippen LogP contribution is 2.17. The lowest BCUT2D eigenvalue weighted by Crippen LogP contribution is -2.23. The molecule has 0 aromatic rings. The Morgan fingerprint density at radius 3 is 0.561 bits per heavy atom. The van der Waals surface area contributed by atoms with E-state index < -0.39 is 0 Å². The summed E-state index contributed by atoms with van der Waals surface area (Å²) in [6.45, 7) is 10.6. The lowest BCUT2D eigenvalue weighted by atomic mass is 10.0. The van der Waals surface area contributed by atoms with Crippen molar-refractivity contribution >= 4 is 0 Å². The number of hydrogen-bond acceptors (Lipinski definition) is 1. The van der Waals surface area contributed by atoms with Crippen LogP contribution >= 0.6 is 0 Å². The molecule has 0 spiro atoms. The Morgan fingerprint density at radius 2 is 0.390 bits per heavy atom. The maximum absolute atomic E-state index is 2.56. The van der Waals surface area contributed by atoms with E-state index in [1.54, 1.807) is 0 Å². The van der Waals surface area contributed by atoms with E-state index in [1.165, 1.54) is 238 Å². The summed E-state index contributed by atoms with van der Waals surface area (Å²) in [4.78, 5) is 2.56. The summed E-state index contributed by atoms with van der Waals surface area (Å²) in [5, 5.41) is 0. The number of nitrogens with zero attached hydrogens (tertiary/aromatic N) is 1. The summed E-state index contributed by atoms with van der Waals surface area (Å²) in [5.41, 5.74) is 0. The zero-order chi connectivity index (χ0) is 29.7. The fraction of sp³-hybridized carbons (Fsp3) is 1.00. The van der Waals surface area contributed by atoms with Gasteiger partial charge in [-0.05, 0) is 26.1 Å². The van der Waals surface area contributed by atoms with Gasteiger partial charge in [-0.1, -0.05) is 233 Å². The van der Waals surface area contributed by atoms with Crippen LogP contribution in [-0.4, -0.2) is 24.5 Å². The minimum Gasteiger partial charge on any atom is -0.304 e. The Morgan fingerprint density at radius 1 is 0.220 bits per heavy atom. The molecule has 0 N–H and O–H groups in total. The summed E-state index contributed by atoms with van der Waals surface area (Å²) >= 11 is 0. The molecule has 248 valence electrons. The van der Waals surface area contributed by atoms with E-state index in [0.717, 1.165) is 0 Å².